The second kappa shape index (κ2) is 28.0. The zero-order valence-electron chi connectivity index (χ0n) is 16.4. The van der Waals surface area contributed by atoms with E-state index in [9.17, 15) is 9.59 Å². The molecule has 0 unspecified atom stereocenters. The van der Waals surface area contributed by atoms with Crippen molar-refractivity contribution >= 4 is 12.0 Å². The standard InChI is InChI=1S/C10H20N2O3.C3H8.2C2H6/c1-4-6-7-12(5-2)9(13)8-11-10(14)15-3;1-3-2;2*1-2/h4-8H2,1-3H3,(H,11,14);3H2,1-2H3;2*1-2H3. The first-order chi connectivity index (χ1) is 10.6. The molecule has 0 rings (SSSR count). The van der Waals surface area contributed by atoms with Crippen molar-refractivity contribution in [2.24, 2.45) is 0 Å². The van der Waals surface area contributed by atoms with Gasteiger partial charge in [0.1, 0.15) is 6.54 Å². The molecule has 0 fully saturated rings. The van der Waals surface area contributed by atoms with Crippen LogP contribution < -0.4 is 5.32 Å². The van der Waals surface area contributed by atoms with Gasteiger partial charge in [0.15, 0.2) is 0 Å². The number of carbonyl (C=O) groups is 2. The maximum atomic E-state index is 11.6. The predicted molar refractivity (Wildman–Crippen MR) is 96.2 cm³/mol. The number of hydrogen-bond acceptors (Lipinski definition) is 3. The van der Waals surface area contributed by atoms with Crippen LogP contribution in [0.25, 0.3) is 0 Å². The monoisotopic (exact) mass is 320 g/mol. The molecular weight excluding hydrogens is 280 g/mol. The molecule has 22 heavy (non-hydrogen) atoms. The second-order valence-electron chi connectivity index (χ2n) is 3.88. The molecular formula is C17H40N2O3. The van der Waals surface area contributed by atoms with E-state index in [1.54, 1.807) is 4.90 Å². The van der Waals surface area contributed by atoms with E-state index in [4.69, 9.17) is 0 Å². The molecule has 0 heterocycles. The molecule has 0 aromatic carbocycles. The van der Waals surface area contributed by atoms with Crippen LogP contribution in [0.5, 0.6) is 0 Å². The molecule has 0 saturated heterocycles. The zero-order valence-corrected chi connectivity index (χ0v) is 16.4. The lowest BCUT2D eigenvalue weighted by Gasteiger charge is -2.20. The summed E-state index contributed by atoms with van der Waals surface area (Å²) in [6, 6.07) is 0. The number of carbonyl (C=O) groups excluding carboxylic acids is 2. The number of methoxy groups -OCH3 is 1. The van der Waals surface area contributed by atoms with Crippen molar-refractivity contribution in [1.82, 2.24) is 10.2 Å². The van der Waals surface area contributed by atoms with Crippen molar-refractivity contribution in [3.63, 3.8) is 0 Å². The first-order valence-electron chi connectivity index (χ1n) is 8.66. The summed E-state index contributed by atoms with van der Waals surface area (Å²) in [5.74, 6) is -0.0728. The Hall–Kier alpha value is -1.26. The van der Waals surface area contributed by atoms with Gasteiger partial charge in [0.05, 0.1) is 7.11 Å². The Balaban J connectivity index is -0.000000198. The fourth-order valence-electron chi connectivity index (χ4n) is 1.14. The van der Waals surface area contributed by atoms with Gasteiger partial charge in [-0.15, -0.1) is 0 Å². The van der Waals surface area contributed by atoms with Crippen molar-refractivity contribution in [2.75, 3.05) is 26.7 Å². The third-order valence-corrected chi connectivity index (χ3v) is 2.09. The lowest BCUT2D eigenvalue weighted by Crippen LogP contribution is -2.40. The molecule has 0 aromatic heterocycles. The average molecular weight is 321 g/mol. The lowest BCUT2D eigenvalue weighted by atomic mass is 10.3. The summed E-state index contributed by atoms with van der Waals surface area (Å²) in [7, 11) is 1.27. The molecule has 5 nitrogen and oxygen atoms in total. The molecule has 136 valence electrons. The first-order valence-corrected chi connectivity index (χ1v) is 8.66. The number of nitrogens with zero attached hydrogens (tertiary/aromatic N) is 1. The van der Waals surface area contributed by atoms with Crippen molar-refractivity contribution in [2.45, 2.75) is 74.7 Å². The minimum absolute atomic E-state index is 0.00419. The highest BCUT2D eigenvalue weighted by atomic mass is 16.5. The van der Waals surface area contributed by atoms with E-state index in [2.05, 4.69) is 30.8 Å². The van der Waals surface area contributed by atoms with Gasteiger partial charge in [-0.25, -0.2) is 4.79 Å². The largest absolute Gasteiger partial charge is 0.453 e. The van der Waals surface area contributed by atoms with Crippen LogP contribution in [0.4, 0.5) is 4.79 Å². The number of rotatable bonds is 6. The Morgan fingerprint density at radius 3 is 1.77 bits per heavy atom. The zero-order chi connectivity index (χ0) is 18.4. The molecule has 0 saturated carbocycles. The van der Waals surface area contributed by atoms with Gasteiger partial charge >= 0.3 is 6.09 Å². The smallest absolute Gasteiger partial charge is 0.407 e. The minimum Gasteiger partial charge on any atom is -0.453 e. The normalized spacial score (nSPS) is 7.86. The number of alkyl carbamates (subject to hydrolysis) is 1. The topological polar surface area (TPSA) is 58.6 Å². The van der Waals surface area contributed by atoms with Gasteiger partial charge in [0.2, 0.25) is 5.91 Å². The molecule has 0 aliphatic rings. The third kappa shape index (κ3) is 23.8. The summed E-state index contributed by atoms with van der Waals surface area (Å²) in [6.07, 6.45) is 2.71. The van der Waals surface area contributed by atoms with Crippen molar-refractivity contribution in [3.05, 3.63) is 0 Å². The predicted octanol–water partition coefficient (Wildman–Crippen LogP) is 4.46. The molecule has 2 amide bonds. The van der Waals surface area contributed by atoms with Gasteiger partial charge in [0.25, 0.3) is 0 Å². The molecule has 5 heteroatoms. The Morgan fingerprint density at radius 1 is 1.00 bits per heavy atom. The van der Waals surface area contributed by atoms with Crippen LogP contribution in [0.1, 0.15) is 74.7 Å². The molecule has 0 aliphatic heterocycles. The highest BCUT2D eigenvalue weighted by molar-refractivity contribution is 5.82. The number of likely N-dealkylation sites (N-methyl/N-ethyl adjacent to an activating group) is 1. The van der Waals surface area contributed by atoms with Crippen molar-refractivity contribution in [3.8, 4) is 0 Å². The summed E-state index contributed by atoms with van der Waals surface area (Å²) in [5, 5.41) is 2.37. The Bertz CT molecular complexity index is 222. The molecule has 0 spiro atoms. The number of hydrogen-bond donors (Lipinski definition) is 1. The Labute approximate surface area is 138 Å². The molecule has 0 bridgehead atoms. The van der Waals surface area contributed by atoms with Gasteiger partial charge in [-0.05, 0) is 13.3 Å². The van der Waals surface area contributed by atoms with Gasteiger partial charge in [-0.2, -0.15) is 0 Å². The molecule has 0 aliphatic carbocycles. The second-order valence-corrected chi connectivity index (χ2v) is 3.88. The molecule has 0 aromatic rings. The average Bonchev–Trinajstić information content (AvgIpc) is 2.57. The van der Waals surface area contributed by atoms with Crippen molar-refractivity contribution < 1.29 is 14.3 Å². The summed E-state index contributed by atoms with van der Waals surface area (Å²) >= 11 is 0. The van der Waals surface area contributed by atoms with Crippen molar-refractivity contribution in [1.29, 1.82) is 0 Å². The van der Waals surface area contributed by atoms with Crippen LogP contribution in [0.15, 0.2) is 0 Å². The van der Waals surface area contributed by atoms with Crippen LogP contribution in [-0.4, -0.2) is 43.6 Å². The quantitative estimate of drug-likeness (QED) is 0.786. The van der Waals surface area contributed by atoms with Gasteiger partial charge in [-0.1, -0.05) is 61.3 Å². The van der Waals surface area contributed by atoms with Crippen LogP contribution in [0, 0.1) is 0 Å². The van der Waals surface area contributed by atoms with E-state index in [0.717, 1.165) is 19.4 Å². The van der Waals surface area contributed by atoms with Gasteiger partial charge in [0, 0.05) is 13.1 Å². The van der Waals surface area contributed by atoms with E-state index in [1.807, 2.05) is 34.6 Å². The summed E-state index contributed by atoms with van der Waals surface area (Å²) < 4.78 is 4.37. The van der Waals surface area contributed by atoms with E-state index in [0.29, 0.717) is 6.54 Å². The molecule has 0 radical (unpaired) electrons. The van der Waals surface area contributed by atoms with Crippen LogP contribution in [-0.2, 0) is 9.53 Å². The fourth-order valence-corrected chi connectivity index (χ4v) is 1.14. The molecule has 0 atom stereocenters. The summed E-state index contributed by atoms with van der Waals surface area (Å²) in [6.45, 7) is 17.7. The van der Waals surface area contributed by atoms with E-state index in [1.165, 1.54) is 13.5 Å². The maximum Gasteiger partial charge on any atom is 0.407 e. The Morgan fingerprint density at radius 2 is 1.45 bits per heavy atom. The SMILES string of the molecule is CC.CC.CCC.CCCCN(CC)C(=O)CNC(=O)OC. The maximum absolute atomic E-state index is 11.6. The van der Waals surface area contributed by atoms with Crippen LogP contribution in [0.3, 0.4) is 0 Å². The number of amides is 2. The van der Waals surface area contributed by atoms with Gasteiger partial charge in [-0.3, -0.25) is 4.79 Å². The lowest BCUT2D eigenvalue weighted by molar-refractivity contribution is -0.130. The highest BCUT2D eigenvalue weighted by Gasteiger charge is 2.11. The Kier molecular flexibility index (Phi) is 36.7. The summed E-state index contributed by atoms with van der Waals surface area (Å²) in [5.41, 5.74) is 0. The molecule has 1 N–H and O–H groups in total. The number of ether oxygens (including phenoxy) is 1. The van der Waals surface area contributed by atoms with E-state index < -0.39 is 6.09 Å². The van der Waals surface area contributed by atoms with Gasteiger partial charge < -0.3 is 15.0 Å². The first kappa shape index (κ1) is 28.8. The van der Waals surface area contributed by atoms with E-state index in [-0.39, 0.29) is 12.5 Å². The minimum atomic E-state index is -0.574. The fraction of sp³-hybridized carbons (Fsp3) is 0.882. The number of unbranched alkanes of at least 4 members (excludes halogenated alkanes) is 1. The van der Waals surface area contributed by atoms with E-state index >= 15 is 0 Å². The summed E-state index contributed by atoms with van der Waals surface area (Å²) in [4.78, 5) is 24.0. The third-order valence-electron chi connectivity index (χ3n) is 2.09. The highest BCUT2D eigenvalue weighted by Crippen LogP contribution is 1.95. The number of nitrogens with one attached hydrogen (secondary N) is 1. The van der Waals surface area contributed by atoms with Crippen LogP contribution in [0.2, 0.25) is 0 Å². The van der Waals surface area contributed by atoms with Crippen LogP contribution >= 0.6 is 0 Å².